The number of halogens is 5. The molecule has 0 heterocycles. The molecule has 0 spiro atoms. The lowest BCUT2D eigenvalue weighted by Gasteiger charge is -2.37. The van der Waals surface area contributed by atoms with E-state index < -0.39 is 34.9 Å². The molecule has 2 fully saturated rings. The van der Waals surface area contributed by atoms with Gasteiger partial charge in [-0.1, -0.05) is 51.2 Å². The lowest BCUT2D eigenvalue weighted by Crippen LogP contribution is -2.25. The van der Waals surface area contributed by atoms with Crippen molar-refractivity contribution in [1.82, 2.24) is 0 Å². The number of hydrogen-bond acceptors (Lipinski definition) is 1. The molecule has 2 saturated carbocycles. The van der Waals surface area contributed by atoms with Crippen LogP contribution in [-0.2, 0) is 12.5 Å². The number of rotatable bonds is 8. The van der Waals surface area contributed by atoms with Crippen LogP contribution in [0.1, 0.15) is 82.3 Å². The zero-order valence-corrected chi connectivity index (χ0v) is 20.3. The van der Waals surface area contributed by atoms with Crippen molar-refractivity contribution in [2.45, 2.75) is 83.7 Å². The maximum Gasteiger partial charge on any atom is 0.426 e. The van der Waals surface area contributed by atoms with Gasteiger partial charge in [-0.25, -0.2) is 13.2 Å². The minimum Gasteiger partial charge on any atom is -0.429 e. The summed E-state index contributed by atoms with van der Waals surface area (Å²) < 4.78 is 73.1. The summed E-state index contributed by atoms with van der Waals surface area (Å²) in [5.41, 5.74) is 0.549. The third-order valence-corrected chi connectivity index (χ3v) is 8.36. The van der Waals surface area contributed by atoms with Gasteiger partial charge >= 0.3 is 6.11 Å². The highest BCUT2D eigenvalue weighted by atomic mass is 19.3. The highest BCUT2D eigenvalue weighted by Gasteiger charge is 2.35. The van der Waals surface area contributed by atoms with Crippen LogP contribution in [0, 0.1) is 41.1 Å². The van der Waals surface area contributed by atoms with Gasteiger partial charge in [-0.2, -0.15) is 8.78 Å². The van der Waals surface area contributed by atoms with Gasteiger partial charge in [0.15, 0.2) is 17.5 Å². The van der Waals surface area contributed by atoms with Gasteiger partial charge in [-0.3, -0.25) is 0 Å². The van der Waals surface area contributed by atoms with Crippen LogP contribution in [0.3, 0.4) is 0 Å². The minimum atomic E-state index is -3.80. The predicted octanol–water partition coefficient (Wildman–Crippen LogP) is 9.19. The van der Waals surface area contributed by atoms with Gasteiger partial charge in [0.2, 0.25) is 0 Å². The molecule has 0 aromatic heterocycles. The van der Waals surface area contributed by atoms with Crippen LogP contribution < -0.4 is 4.74 Å². The fourth-order valence-corrected chi connectivity index (χ4v) is 6.05. The number of aryl methyl sites for hydroxylation is 1. The molecule has 192 valence electrons. The smallest absolute Gasteiger partial charge is 0.426 e. The van der Waals surface area contributed by atoms with Crippen LogP contribution in [-0.4, -0.2) is 0 Å². The van der Waals surface area contributed by atoms with Crippen LogP contribution in [0.2, 0.25) is 0 Å². The van der Waals surface area contributed by atoms with Gasteiger partial charge in [0.25, 0.3) is 0 Å². The molecule has 0 saturated heterocycles. The van der Waals surface area contributed by atoms with Gasteiger partial charge in [0.05, 0.1) is 5.56 Å². The fourth-order valence-electron chi connectivity index (χ4n) is 6.05. The van der Waals surface area contributed by atoms with E-state index in [2.05, 4.69) is 11.7 Å². The summed E-state index contributed by atoms with van der Waals surface area (Å²) in [6.07, 6.45) is 10.2. The van der Waals surface area contributed by atoms with Crippen molar-refractivity contribution in [3.05, 3.63) is 65.0 Å². The fraction of sp³-hybridized carbons (Fsp3) is 0.586. The molecule has 0 bridgehead atoms. The Bertz CT molecular complexity index is 935. The van der Waals surface area contributed by atoms with E-state index in [0.29, 0.717) is 18.1 Å². The van der Waals surface area contributed by atoms with Crippen molar-refractivity contribution < 1.29 is 26.7 Å². The Morgan fingerprint density at radius 1 is 0.771 bits per heavy atom. The molecule has 0 amide bonds. The largest absolute Gasteiger partial charge is 0.429 e. The Labute approximate surface area is 205 Å². The van der Waals surface area contributed by atoms with E-state index in [1.807, 2.05) is 0 Å². The van der Waals surface area contributed by atoms with Crippen molar-refractivity contribution in [2.24, 2.45) is 23.7 Å². The molecule has 0 atom stereocenters. The number of hydrogen-bond donors (Lipinski definition) is 0. The summed E-state index contributed by atoms with van der Waals surface area (Å²) in [7, 11) is 0. The normalized spacial score (nSPS) is 25.4. The van der Waals surface area contributed by atoms with Gasteiger partial charge in [0, 0.05) is 12.1 Å². The maximum atomic E-state index is 14.5. The molecule has 35 heavy (non-hydrogen) atoms. The summed E-state index contributed by atoms with van der Waals surface area (Å²) in [6, 6.07) is 6.66. The van der Waals surface area contributed by atoms with Crippen LogP contribution in [0.15, 0.2) is 36.4 Å². The molecule has 1 nitrogen and oxygen atoms in total. The Kier molecular flexibility index (Phi) is 8.38. The van der Waals surface area contributed by atoms with E-state index in [0.717, 1.165) is 36.2 Å². The van der Waals surface area contributed by atoms with Crippen molar-refractivity contribution in [3.63, 3.8) is 0 Å². The van der Waals surface area contributed by atoms with Crippen LogP contribution in [0.5, 0.6) is 5.75 Å². The molecule has 2 aromatic rings. The second-order valence-electron chi connectivity index (χ2n) is 10.5. The molecule has 0 radical (unpaired) electrons. The molecule has 2 aliphatic rings. The highest BCUT2D eigenvalue weighted by molar-refractivity contribution is 5.29. The van der Waals surface area contributed by atoms with Crippen molar-refractivity contribution in [1.29, 1.82) is 0 Å². The third-order valence-electron chi connectivity index (χ3n) is 8.36. The monoisotopic (exact) mass is 494 g/mol. The standard InChI is InChI=1S/C29H35F5O/c1-2-19-5-11-22(12-6-19)23-13-7-20(8-14-23)3-4-21-9-15-24(16-10-21)29(33,34)35-25-17-26(30)28(32)27(31)18-25/h9-10,15-20,22-23H,2-8,11-14H2,1H3. The van der Waals surface area contributed by atoms with E-state index in [1.165, 1.54) is 69.9 Å². The molecule has 0 unspecified atom stereocenters. The van der Waals surface area contributed by atoms with E-state index in [4.69, 9.17) is 0 Å². The molecule has 6 heteroatoms. The third kappa shape index (κ3) is 6.56. The molecule has 0 N–H and O–H groups in total. The van der Waals surface area contributed by atoms with Gasteiger partial charge in [0.1, 0.15) is 5.75 Å². The molecule has 0 aliphatic heterocycles. The van der Waals surface area contributed by atoms with Crippen LogP contribution in [0.4, 0.5) is 22.0 Å². The average Bonchev–Trinajstić information content (AvgIpc) is 2.86. The lowest BCUT2D eigenvalue weighted by atomic mass is 9.68. The molecule has 2 aromatic carbocycles. The van der Waals surface area contributed by atoms with Crippen molar-refractivity contribution in [3.8, 4) is 5.75 Å². The minimum absolute atomic E-state index is 0.408. The van der Waals surface area contributed by atoms with Gasteiger partial charge in [-0.05, 0) is 79.9 Å². The van der Waals surface area contributed by atoms with E-state index in [1.54, 1.807) is 12.1 Å². The average molecular weight is 495 g/mol. The SMILES string of the molecule is CCC1CCC(C2CCC(CCc3ccc(C(F)(F)Oc4cc(F)c(F)c(F)c4)cc3)CC2)CC1. The Balaban J connectivity index is 1.24. The van der Waals surface area contributed by atoms with Crippen LogP contribution in [0.25, 0.3) is 0 Å². The topological polar surface area (TPSA) is 9.23 Å². The first-order valence-electron chi connectivity index (χ1n) is 13.1. The molecule has 4 rings (SSSR count). The van der Waals surface area contributed by atoms with E-state index in [9.17, 15) is 22.0 Å². The second kappa shape index (κ2) is 11.3. The Morgan fingerprint density at radius 3 is 1.80 bits per heavy atom. The summed E-state index contributed by atoms with van der Waals surface area (Å²) in [5, 5.41) is 0. The number of alkyl halides is 2. The number of benzene rings is 2. The molecular weight excluding hydrogens is 459 g/mol. The zero-order valence-electron chi connectivity index (χ0n) is 20.3. The summed E-state index contributed by atoms with van der Waals surface area (Å²) >= 11 is 0. The zero-order chi connectivity index (χ0) is 25.0. The number of ether oxygens (including phenoxy) is 1. The van der Waals surface area contributed by atoms with Gasteiger partial charge in [-0.15, -0.1) is 0 Å². The predicted molar refractivity (Wildman–Crippen MR) is 127 cm³/mol. The van der Waals surface area contributed by atoms with E-state index in [-0.39, 0.29) is 0 Å². The quantitative estimate of drug-likeness (QED) is 0.263. The maximum absolute atomic E-state index is 14.5. The highest BCUT2D eigenvalue weighted by Crippen LogP contribution is 2.42. The molecular formula is C29H35F5O. The first-order valence-corrected chi connectivity index (χ1v) is 13.1. The van der Waals surface area contributed by atoms with E-state index >= 15 is 0 Å². The second-order valence-corrected chi connectivity index (χ2v) is 10.5. The van der Waals surface area contributed by atoms with Crippen molar-refractivity contribution >= 4 is 0 Å². The molecule has 2 aliphatic carbocycles. The first kappa shape index (κ1) is 26.0. The van der Waals surface area contributed by atoms with Gasteiger partial charge < -0.3 is 4.74 Å². The summed E-state index contributed by atoms with van der Waals surface area (Å²) in [5.74, 6) is -2.23. The summed E-state index contributed by atoms with van der Waals surface area (Å²) in [4.78, 5) is 0. The first-order chi connectivity index (χ1) is 16.7. The summed E-state index contributed by atoms with van der Waals surface area (Å²) in [6.45, 7) is 2.31. The Morgan fingerprint density at radius 2 is 1.29 bits per heavy atom. The lowest BCUT2D eigenvalue weighted by molar-refractivity contribution is -0.185. The van der Waals surface area contributed by atoms with Crippen LogP contribution >= 0.6 is 0 Å². The Hall–Kier alpha value is -2.11. The van der Waals surface area contributed by atoms with Crippen molar-refractivity contribution in [2.75, 3.05) is 0 Å².